The van der Waals surface area contributed by atoms with E-state index >= 15 is 0 Å². The number of aromatic nitrogens is 1. The van der Waals surface area contributed by atoms with Gasteiger partial charge in [0, 0.05) is 12.7 Å². The highest BCUT2D eigenvalue weighted by Gasteiger charge is 2.12. The molecule has 94 valence electrons. The maximum absolute atomic E-state index is 11.9. The summed E-state index contributed by atoms with van der Waals surface area (Å²) in [6.45, 7) is 2.29. The van der Waals surface area contributed by atoms with Gasteiger partial charge < -0.3 is 10.4 Å². The van der Waals surface area contributed by atoms with Gasteiger partial charge in [-0.2, -0.15) is 0 Å². The van der Waals surface area contributed by atoms with E-state index in [2.05, 4.69) is 10.3 Å². The number of amides is 1. The van der Waals surface area contributed by atoms with E-state index in [1.807, 2.05) is 13.2 Å². The van der Waals surface area contributed by atoms with Crippen molar-refractivity contribution in [2.75, 3.05) is 12.8 Å². The number of pyridine rings is 1. The second kappa shape index (κ2) is 7.29. The molecule has 2 N–H and O–H groups in total. The Hall–Kier alpha value is -1.07. The van der Waals surface area contributed by atoms with Gasteiger partial charge in [0.2, 0.25) is 0 Å². The Morgan fingerprint density at radius 1 is 1.65 bits per heavy atom. The van der Waals surface area contributed by atoms with Gasteiger partial charge in [-0.15, -0.1) is 11.8 Å². The largest absolute Gasteiger partial charge is 0.391 e. The molecule has 0 aliphatic heterocycles. The highest BCUT2D eigenvalue weighted by Crippen LogP contribution is 2.16. The number of nitrogens with zero attached hydrogens (tertiary/aromatic N) is 1. The summed E-state index contributed by atoms with van der Waals surface area (Å²) in [6, 6.07) is 3.47. The van der Waals surface area contributed by atoms with Crippen molar-refractivity contribution in [2.24, 2.45) is 0 Å². The summed E-state index contributed by atoms with van der Waals surface area (Å²) in [7, 11) is 0. The number of hydrogen-bond acceptors (Lipinski definition) is 4. The molecule has 1 heterocycles. The van der Waals surface area contributed by atoms with Gasteiger partial charge in [0.05, 0.1) is 11.7 Å². The fourth-order valence-corrected chi connectivity index (χ4v) is 2.01. The highest BCUT2D eigenvalue weighted by atomic mass is 32.2. The minimum absolute atomic E-state index is 0.183. The fraction of sp³-hybridized carbons (Fsp3) is 0.500. The Morgan fingerprint density at radius 2 is 2.41 bits per heavy atom. The van der Waals surface area contributed by atoms with E-state index in [0.29, 0.717) is 17.0 Å². The van der Waals surface area contributed by atoms with Crippen molar-refractivity contribution in [2.45, 2.75) is 30.9 Å². The Bertz CT molecular complexity index is 371. The average Bonchev–Trinajstić information content (AvgIpc) is 2.36. The zero-order chi connectivity index (χ0) is 12.7. The molecule has 1 aromatic rings. The van der Waals surface area contributed by atoms with Crippen LogP contribution in [0, 0.1) is 0 Å². The van der Waals surface area contributed by atoms with Crippen LogP contribution in [0.5, 0.6) is 0 Å². The lowest BCUT2D eigenvalue weighted by atomic mass is 10.2. The lowest BCUT2D eigenvalue weighted by Gasteiger charge is -2.11. The molecule has 17 heavy (non-hydrogen) atoms. The van der Waals surface area contributed by atoms with Gasteiger partial charge in [-0.1, -0.05) is 13.3 Å². The Balaban J connectivity index is 2.58. The summed E-state index contributed by atoms with van der Waals surface area (Å²) >= 11 is 1.43. The molecule has 4 nitrogen and oxygen atoms in total. The maximum atomic E-state index is 11.9. The summed E-state index contributed by atoms with van der Waals surface area (Å²) in [5.74, 6) is -0.183. The van der Waals surface area contributed by atoms with Crippen LogP contribution in [-0.4, -0.2) is 34.9 Å². The van der Waals surface area contributed by atoms with Crippen LogP contribution in [0.1, 0.15) is 30.1 Å². The Morgan fingerprint density at radius 3 is 3.06 bits per heavy atom. The molecule has 0 bridgehead atoms. The molecule has 1 rings (SSSR count). The molecule has 5 heteroatoms. The van der Waals surface area contributed by atoms with Gasteiger partial charge in [-0.3, -0.25) is 4.79 Å². The lowest BCUT2D eigenvalue weighted by Crippen LogP contribution is -2.32. The third kappa shape index (κ3) is 4.36. The molecule has 0 aromatic carbocycles. The first-order valence-electron chi connectivity index (χ1n) is 5.64. The Labute approximate surface area is 106 Å². The number of aliphatic hydroxyl groups is 1. The minimum Gasteiger partial charge on any atom is -0.391 e. The zero-order valence-electron chi connectivity index (χ0n) is 10.1. The third-order valence-electron chi connectivity index (χ3n) is 2.33. The maximum Gasteiger partial charge on any atom is 0.254 e. The molecule has 0 aliphatic carbocycles. The predicted octanol–water partition coefficient (Wildman–Crippen LogP) is 1.69. The van der Waals surface area contributed by atoms with E-state index in [1.54, 1.807) is 18.3 Å². The molecule has 0 saturated carbocycles. The van der Waals surface area contributed by atoms with Crippen molar-refractivity contribution in [1.29, 1.82) is 0 Å². The summed E-state index contributed by atoms with van der Waals surface area (Å²) in [5, 5.41) is 13.0. The zero-order valence-corrected chi connectivity index (χ0v) is 11.0. The van der Waals surface area contributed by atoms with Gasteiger partial charge in [0.1, 0.15) is 5.03 Å². The van der Waals surface area contributed by atoms with Crippen molar-refractivity contribution >= 4 is 17.7 Å². The number of rotatable bonds is 6. The first kappa shape index (κ1) is 14.0. The average molecular weight is 254 g/mol. The topological polar surface area (TPSA) is 62.2 Å². The number of carbonyl (C=O) groups excluding carboxylic acids is 1. The molecular formula is C12H18N2O2S. The molecule has 1 aromatic heterocycles. The molecule has 0 saturated heterocycles. The van der Waals surface area contributed by atoms with E-state index in [1.165, 1.54) is 11.8 Å². The number of hydrogen-bond donors (Lipinski definition) is 2. The van der Waals surface area contributed by atoms with Crippen molar-refractivity contribution in [1.82, 2.24) is 10.3 Å². The molecule has 0 radical (unpaired) electrons. The molecule has 1 amide bonds. The molecule has 0 spiro atoms. The smallest absolute Gasteiger partial charge is 0.254 e. The standard InChI is InChI=1S/C12H18N2O2S/c1-3-5-9(15)8-14-11(16)10-6-4-7-13-12(10)17-2/h4,6-7,9,15H,3,5,8H2,1-2H3,(H,14,16). The summed E-state index contributed by atoms with van der Waals surface area (Å²) < 4.78 is 0. The number of thioether (sulfide) groups is 1. The highest BCUT2D eigenvalue weighted by molar-refractivity contribution is 7.98. The van der Waals surface area contributed by atoms with Gasteiger partial charge in [0.25, 0.3) is 5.91 Å². The molecule has 0 fully saturated rings. The van der Waals surface area contributed by atoms with Gasteiger partial charge in [-0.25, -0.2) is 4.98 Å². The summed E-state index contributed by atoms with van der Waals surface area (Å²) in [6.07, 6.45) is 4.67. The first-order chi connectivity index (χ1) is 8.19. The van der Waals surface area contributed by atoms with Crippen LogP contribution in [0.15, 0.2) is 23.4 Å². The summed E-state index contributed by atoms with van der Waals surface area (Å²) in [4.78, 5) is 16.0. The number of nitrogens with one attached hydrogen (secondary N) is 1. The molecular weight excluding hydrogens is 236 g/mol. The van der Waals surface area contributed by atoms with Gasteiger partial charge in [-0.05, 0) is 24.8 Å². The SMILES string of the molecule is CCCC(O)CNC(=O)c1cccnc1SC. The van der Waals surface area contributed by atoms with Crippen molar-refractivity contribution in [3.05, 3.63) is 23.9 Å². The lowest BCUT2D eigenvalue weighted by molar-refractivity contribution is 0.0906. The third-order valence-corrected chi connectivity index (χ3v) is 3.04. The van der Waals surface area contributed by atoms with Crippen LogP contribution in [0.25, 0.3) is 0 Å². The molecule has 1 atom stereocenters. The second-order valence-electron chi connectivity index (χ2n) is 3.71. The van der Waals surface area contributed by atoms with Crippen molar-refractivity contribution in [3.8, 4) is 0 Å². The van der Waals surface area contributed by atoms with Gasteiger partial charge in [0.15, 0.2) is 0 Å². The summed E-state index contributed by atoms with van der Waals surface area (Å²) in [5.41, 5.74) is 0.559. The molecule has 0 aliphatic rings. The van der Waals surface area contributed by atoms with E-state index in [-0.39, 0.29) is 12.5 Å². The normalized spacial score (nSPS) is 12.2. The number of carbonyl (C=O) groups is 1. The predicted molar refractivity (Wildman–Crippen MR) is 69.3 cm³/mol. The van der Waals surface area contributed by atoms with Crippen LogP contribution in [0.4, 0.5) is 0 Å². The van der Waals surface area contributed by atoms with E-state index in [0.717, 1.165) is 6.42 Å². The first-order valence-corrected chi connectivity index (χ1v) is 6.86. The van der Waals surface area contributed by atoms with E-state index < -0.39 is 6.10 Å². The minimum atomic E-state index is -0.474. The van der Waals surface area contributed by atoms with E-state index in [9.17, 15) is 9.90 Å². The number of aliphatic hydroxyl groups excluding tert-OH is 1. The van der Waals surface area contributed by atoms with Crippen molar-refractivity contribution < 1.29 is 9.90 Å². The van der Waals surface area contributed by atoms with Crippen LogP contribution < -0.4 is 5.32 Å². The van der Waals surface area contributed by atoms with Crippen LogP contribution in [0.2, 0.25) is 0 Å². The quantitative estimate of drug-likeness (QED) is 0.758. The Kier molecular flexibility index (Phi) is 6.00. The van der Waals surface area contributed by atoms with Crippen LogP contribution in [-0.2, 0) is 0 Å². The van der Waals surface area contributed by atoms with E-state index in [4.69, 9.17) is 0 Å². The monoisotopic (exact) mass is 254 g/mol. The molecule has 1 unspecified atom stereocenters. The van der Waals surface area contributed by atoms with Crippen molar-refractivity contribution in [3.63, 3.8) is 0 Å². The van der Waals surface area contributed by atoms with Gasteiger partial charge >= 0.3 is 0 Å². The second-order valence-corrected chi connectivity index (χ2v) is 4.51. The fourth-order valence-electron chi connectivity index (χ4n) is 1.47. The van der Waals surface area contributed by atoms with Crippen LogP contribution in [0.3, 0.4) is 0 Å². The van der Waals surface area contributed by atoms with Crippen LogP contribution >= 0.6 is 11.8 Å².